The van der Waals surface area contributed by atoms with Crippen molar-refractivity contribution in [3.8, 4) is 0 Å². The molecule has 6 heteroatoms. The smallest absolute Gasteiger partial charge is 0.332 e. The van der Waals surface area contributed by atoms with E-state index in [4.69, 9.17) is 9.84 Å². The summed E-state index contributed by atoms with van der Waals surface area (Å²) in [6, 6.07) is 9.51. The molecule has 1 amide bonds. The molecule has 2 atom stereocenters. The predicted molar refractivity (Wildman–Crippen MR) is 69.6 cm³/mol. The normalized spacial score (nSPS) is 22.2. The molecule has 0 radical (unpaired) electrons. The number of hydroxylamine groups is 1. The number of benzene rings is 1. The average molecular weight is 279 g/mol. The molecule has 0 saturated carbocycles. The Labute approximate surface area is 116 Å². The number of hydrogen-bond donors (Lipinski definition) is 2. The van der Waals surface area contributed by atoms with Crippen molar-refractivity contribution < 1.29 is 24.3 Å². The molecule has 0 spiro atoms. The first-order valence-corrected chi connectivity index (χ1v) is 6.48. The van der Waals surface area contributed by atoms with Crippen LogP contribution in [0.1, 0.15) is 24.5 Å². The van der Waals surface area contributed by atoms with Crippen molar-refractivity contribution in [2.45, 2.75) is 18.9 Å². The molecule has 108 valence electrons. The summed E-state index contributed by atoms with van der Waals surface area (Å²) in [6.45, 7) is 0.0502. The van der Waals surface area contributed by atoms with Crippen LogP contribution in [0.5, 0.6) is 0 Å². The second kappa shape index (κ2) is 7.02. The Morgan fingerprint density at radius 2 is 2.10 bits per heavy atom. The second-order valence-corrected chi connectivity index (χ2v) is 4.60. The van der Waals surface area contributed by atoms with Crippen LogP contribution in [0.4, 0.5) is 0 Å². The van der Waals surface area contributed by atoms with Gasteiger partial charge in [0.05, 0.1) is 12.0 Å². The molecule has 1 saturated heterocycles. The van der Waals surface area contributed by atoms with Crippen molar-refractivity contribution in [3.63, 3.8) is 0 Å². The topological polar surface area (TPSA) is 84.9 Å². The molecule has 20 heavy (non-hydrogen) atoms. The molecule has 1 fully saturated rings. The third-order valence-electron chi connectivity index (χ3n) is 3.16. The first kappa shape index (κ1) is 14.5. The van der Waals surface area contributed by atoms with Crippen LogP contribution in [0, 0.1) is 5.92 Å². The maximum absolute atomic E-state index is 12.1. The number of rotatable bonds is 5. The van der Waals surface area contributed by atoms with Gasteiger partial charge < -0.3 is 9.84 Å². The van der Waals surface area contributed by atoms with Crippen LogP contribution < -0.4 is 5.48 Å². The third kappa shape index (κ3) is 3.79. The van der Waals surface area contributed by atoms with Crippen molar-refractivity contribution in [1.82, 2.24) is 5.48 Å². The van der Waals surface area contributed by atoms with E-state index in [9.17, 15) is 9.59 Å². The summed E-state index contributed by atoms with van der Waals surface area (Å²) in [4.78, 5) is 27.0. The Hall–Kier alpha value is -1.92. The quantitative estimate of drug-likeness (QED) is 0.793. The number of carbonyl (C=O) groups excluding carboxylic acids is 1. The van der Waals surface area contributed by atoms with Gasteiger partial charge in [-0.25, -0.2) is 10.3 Å². The van der Waals surface area contributed by atoms with Crippen LogP contribution in [0.25, 0.3) is 0 Å². The predicted octanol–water partition coefficient (Wildman–Crippen LogP) is 1.29. The number of ether oxygens (including phenoxy) is 1. The molecule has 1 heterocycles. The first-order chi connectivity index (χ1) is 9.68. The van der Waals surface area contributed by atoms with E-state index in [2.05, 4.69) is 10.3 Å². The van der Waals surface area contributed by atoms with Gasteiger partial charge in [-0.1, -0.05) is 30.3 Å². The van der Waals surface area contributed by atoms with Crippen LogP contribution in [0.3, 0.4) is 0 Å². The number of hydrogen-bond acceptors (Lipinski definition) is 4. The maximum Gasteiger partial charge on any atom is 0.332 e. The van der Waals surface area contributed by atoms with Gasteiger partial charge in [0.2, 0.25) is 5.91 Å². The van der Waals surface area contributed by atoms with Gasteiger partial charge in [0, 0.05) is 6.61 Å². The standard InChI is InChI=1S/C14H17NO5/c16-12(17)9-20-15-14(18)11-7-4-8-19-13(11)10-5-2-1-3-6-10/h1-3,5-6,11,13H,4,7-9H2,(H,15,18)(H,16,17). The summed E-state index contributed by atoms with van der Waals surface area (Å²) < 4.78 is 5.69. The van der Waals surface area contributed by atoms with E-state index in [0.717, 1.165) is 12.0 Å². The van der Waals surface area contributed by atoms with Gasteiger partial charge >= 0.3 is 5.97 Å². The Balaban J connectivity index is 2.00. The van der Waals surface area contributed by atoms with Gasteiger partial charge in [-0.05, 0) is 18.4 Å². The first-order valence-electron chi connectivity index (χ1n) is 6.48. The van der Waals surface area contributed by atoms with Crippen LogP contribution >= 0.6 is 0 Å². The van der Waals surface area contributed by atoms with Crippen molar-refractivity contribution in [2.75, 3.05) is 13.2 Å². The fourth-order valence-electron chi connectivity index (χ4n) is 2.27. The number of carbonyl (C=O) groups is 2. The summed E-state index contributed by atoms with van der Waals surface area (Å²) in [5, 5.41) is 8.47. The van der Waals surface area contributed by atoms with E-state index in [1.54, 1.807) is 0 Å². The molecule has 1 aliphatic rings. The molecule has 1 aromatic carbocycles. The highest BCUT2D eigenvalue weighted by Crippen LogP contribution is 2.33. The lowest BCUT2D eigenvalue weighted by Gasteiger charge is -2.30. The molecule has 6 nitrogen and oxygen atoms in total. The lowest BCUT2D eigenvalue weighted by Crippen LogP contribution is -2.38. The van der Waals surface area contributed by atoms with E-state index in [1.807, 2.05) is 30.3 Å². The highest BCUT2D eigenvalue weighted by atomic mass is 16.7. The van der Waals surface area contributed by atoms with Crippen molar-refractivity contribution >= 4 is 11.9 Å². The summed E-state index contributed by atoms with van der Waals surface area (Å²) in [5.74, 6) is -1.86. The van der Waals surface area contributed by atoms with Gasteiger partial charge in [0.1, 0.15) is 0 Å². The number of carboxylic acid groups (broad SMARTS) is 1. The molecule has 0 aromatic heterocycles. The van der Waals surface area contributed by atoms with Crippen LogP contribution in [0.2, 0.25) is 0 Å². The Morgan fingerprint density at radius 1 is 1.35 bits per heavy atom. The Bertz CT molecular complexity index is 462. The van der Waals surface area contributed by atoms with Gasteiger partial charge in [-0.3, -0.25) is 9.63 Å². The van der Waals surface area contributed by atoms with Gasteiger partial charge in [0.15, 0.2) is 6.61 Å². The molecule has 1 aliphatic heterocycles. The molecule has 2 N–H and O–H groups in total. The maximum atomic E-state index is 12.1. The van der Waals surface area contributed by atoms with E-state index in [-0.39, 0.29) is 17.9 Å². The molecule has 1 aromatic rings. The van der Waals surface area contributed by atoms with E-state index in [1.165, 1.54) is 0 Å². The zero-order valence-electron chi connectivity index (χ0n) is 11.0. The highest BCUT2D eigenvalue weighted by Gasteiger charge is 2.33. The third-order valence-corrected chi connectivity index (χ3v) is 3.16. The number of aliphatic carboxylic acids is 1. The van der Waals surface area contributed by atoms with Crippen LogP contribution in [-0.4, -0.2) is 30.2 Å². The molecular formula is C14H17NO5. The zero-order valence-corrected chi connectivity index (χ0v) is 11.0. The van der Waals surface area contributed by atoms with E-state index < -0.39 is 12.6 Å². The monoisotopic (exact) mass is 279 g/mol. The average Bonchev–Trinajstić information content (AvgIpc) is 2.47. The van der Waals surface area contributed by atoms with Crippen molar-refractivity contribution in [2.24, 2.45) is 5.92 Å². The second-order valence-electron chi connectivity index (χ2n) is 4.60. The Morgan fingerprint density at radius 3 is 2.80 bits per heavy atom. The zero-order chi connectivity index (χ0) is 14.4. The lowest BCUT2D eigenvalue weighted by atomic mass is 9.89. The van der Waals surface area contributed by atoms with Crippen LogP contribution in [-0.2, 0) is 19.2 Å². The minimum Gasteiger partial charge on any atom is -0.479 e. The fraction of sp³-hybridized carbons (Fsp3) is 0.429. The van der Waals surface area contributed by atoms with Crippen molar-refractivity contribution in [3.05, 3.63) is 35.9 Å². The highest BCUT2D eigenvalue weighted by molar-refractivity contribution is 5.79. The summed E-state index contributed by atoms with van der Waals surface area (Å²) in [7, 11) is 0. The summed E-state index contributed by atoms with van der Waals surface area (Å²) >= 11 is 0. The molecule has 0 aliphatic carbocycles. The van der Waals surface area contributed by atoms with E-state index >= 15 is 0 Å². The fourth-order valence-corrected chi connectivity index (χ4v) is 2.27. The lowest BCUT2D eigenvalue weighted by molar-refractivity contribution is -0.155. The number of amides is 1. The van der Waals surface area contributed by atoms with Gasteiger partial charge in [-0.2, -0.15) is 0 Å². The SMILES string of the molecule is O=C(O)CONC(=O)C1CCCOC1c1ccccc1. The summed E-state index contributed by atoms with van der Waals surface area (Å²) in [6.07, 6.45) is 1.15. The Kier molecular flexibility index (Phi) is 5.09. The number of nitrogens with one attached hydrogen (secondary N) is 1. The molecule has 2 unspecified atom stereocenters. The van der Waals surface area contributed by atoms with Crippen molar-refractivity contribution in [1.29, 1.82) is 0 Å². The van der Waals surface area contributed by atoms with Crippen LogP contribution in [0.15, 0.2) is 30.3 Å². The molecular weight excluding hydrogens is 262 g/mol. The van der Waals surface area contributed by atoms with Gasteiger partial charge in [0.25, 0.3) is 0 Å². The number of carboxylic acids is 1. The minimum absolute atomic E-state index is 0.321. The molecule has 2 rings (SSSR count). The van der Waals surface area contributed by atoms with E-state index in [0.29, 0.717) is 13.0 Å². The summed E-state index contributed by atoms with van der Waals surface area (Å²) in [5.41, 5.74) is 3.12. The minimum atomic E-state index is -1.13. The molecule has 0 bridgehead atoms. The van der Waals surface area contributed by atoms with Gasteiger partial charge in [-0.15, -0.1) is 0 Å². The largest absolute Gasteiger partial charge is 0.479 e.